The molecule has 0 aliphatic rings. The van der Waals surface area contributed by atoms with E-state index in [-0.39, 0.29) is 11.1 Å². The molecule has 3 aromatic rings. The number of hydrogen-bond acceptors (Lipinski definition) is 3. The summed E-state index contributed by atoms with van der Waals surface area (Å²) in [6.45, 7) is 5.24. The summed E-state index contributed by atoms with van der Waals surface area (Å²) in [5.74, 6) is 0. The van der Waals surface area contributed by atoms with Gasteiger partial charge in [-0.05, 0) is 39.0 Å². The van der Waals surface area contributed by atoms with Crippen LogP contribution in [0.15, 0.2) is 48.5 Å². The van der Waals surface area contributed by atoms with Gasteiger partial charge in [0.15, 0.2) is 0 Å². The maximum absolute atomic E-state index is 13.5. The van der Waals surface area contributed by atoms with Gasteiger partial charge >= 0.3 is 6.09 Å². The number of anilines is 1. The first-order valence-corrected chi connectivity index (χ1v) is 8.19. The van der Waals surface area contributed by atoms with Crippen LogP contribution in [0, 0.1) is 0 Å². The number of nitrogens with two attached hydrogens (primary N) is 1. The molecule has 3 rings (SSSR count). The minimum absolute atomic E-state index is 0.145. The van der Waals surface area contributed by atoms with Crippen molar-refractivity contribution in [2.75, 3.05) is 5.73 Å². The Balaban J connectivity index is 2.29. The average Bonchev–Trinajstić information content (AvgIpc) is 2.91. The van der Waals surface area contributed by atoms with Crippen LogP contribution in [0.4, 0.5) is 19.3 Å². The predicted octanol–water partition coefficient (Wildman–Crippen LogP) is 5.61. The summed E-state index contributed by atoms with van der Waals surface area (Å²) in [5, 5.41) is 0.712. The molecule has 0 fully saturated rings. The third-order valence-corrected chi connectivity index (χ3v) is 3.88. The van der Waals surface area contributed by atoms with Gasteiger partial charge in [0.2, 0.25) is 0 Å². The lowest BCUT2D eigenvalue weighted by Crippen LogP contribution is -2.27. The zero-order chi connectivity index (χ0) is 19.1. The molecule has 0 aliphatic heterocycles. The number of ether oxygens (including phenoxy) is 1. The number of hydrogen-bond donors (Lipinski definition) is 1. The maximum Gasteiger partial charge on any atom is 0.419 e. The van der Waals surface area contributed by atoms with Gasteiger partial charge in [0, 0.05) is 22.2 Å². The highest BCUT2D eigenvalue weighted by atomic mass is 19.3. The van der Waals surface area contributed by atoms with Crippen molar-refractivity contribution in [1.82, 2.24) is 4.57 Å². The molecule has 0 aliphatic carbocycles. The second-order valence-electron chi connectivity index (χ2n) is 7.05. The number of alkyl halides is 2. The number of carbonyl (C=O) groups is 1. The minimum Gasteiger partial charge on any atom is -0.443 e. The van der Waals surface area contributed by atoms with Crippen molar-refractivity contribution < 1.29 is 18.3 Å². The zero-order valence-corrected chi connectivity index (χ0v) is 14.8. The highest BCUT2D eigenvalue weighted by Gasteiger charge is 2.25. The third kappa shape index (κ3) is 3.40. The first kappa shape index (κ1) is 17.9. The van der Waals surface area contributed by atoms with Crippen LogP contribution in [0.2, 0.25) is 0 Å². The van der Waals surface area contributed by atoms with Gasteiger partial charge in [-0.15, -0.1) is 0 Å². The van der Waals surface area contributed by atoms with Crippen LogP contribution in [0.3, 0.4) is 0 Å². The molecular weight excluding hydrogens is 338 g/mol. The number of carbonyl (C=O) groups excluding carboxylic acids is 1. The molecule has 0 spiro atoms. The van der Waals surface area contributed by atoms with E-state index in [0.717, 1.165) is 0 Å². The Morgan fingerprint density at radius 2 is 1.81 bits per heavy atom. The lowest BCUT2D eigenvalue weighted by Gasteiger charge is -2.21. The molecule has 0 radical (unpaired) electrons. The standard InChI is InChI=1S/C20H20F2N2O2/c1-20(2,3)26-19(25)24-16-11-13(23)9-8-12(16)10-17(24)14-6-4-5-7-15(14)18(21)22/h4-11,18H,23H2,1-3H3. The molecule has 26 heavy (non-hydrogen) atoms. The Morgan fingerprint density at radius 3 is 2.46 bits per heavy atom. The van der Waals surface area contributed by atoms with Crippen molar-refractivity contribution >= 4 is 22.7 Å². The van der Waals surface area contributed by atoms with Crippen molar-refractivity contribution in [2.24, 2.45) is 0 Å². The molecule has 1 aromatic heterocycles. The van der Waals surface area contributed by atoms with Crippen LogP contribution < -0.4 is 5.73 Å². The van der Waals surface area contributed by atoms with Gasteiger partial charge in [-0.25, -0.2) is 18.1 Å². The Labute approximate surface area is 150 Å². The monoisotopic (exact) mass is 358 g/mol. The SMILES string of the molecule is CC(C)(C)OC(=O)n1c(-c2ccccc2C(F)F)cc2ccc(N)cc21. The summed E-state index contributed by atoms with van der Waals surface area (Å²) >= 11 is 0. The summed E-state index contributed by atoms with van der Waals surface area (Å²) in [6.07, 6.45) is -3.31. The molecular formula is C20H20F2N2O2. The van der Waals surface area contributed by atoms with Gasteiger partial charge in [0.1, 0.15) is 5.60 Å². The Morgan fingerprint density at radius 1 is 1.12 bits per heavy atom. The highest BCUT2D eigenvalue weighted by molar-refractivity contribution is 5.97. The molecule has 0 unspecified atom stereocenters. The normalized spacial score (nSPS) is 11.9. The van der Waals surface area contributed by atoms with Crippen LogP contribution in [0.1, 0.15) is 32.8 Å². The molecule has 2 N–H and O–H groups in total. The number of fused-ring (bicyclic) bond motifs is 1. The van der Waals surface area contributed by atoms with Crippen molar-refractivity contribution in [3.05, 3.63) is 54.1 Å². The van der Waals surface area contributed by atoms with Gasteiger partial charge in [-0.1, -0.05) is 30.3 Å². The van der Waals surface area contributed by atoms with Crippen LogP contribution in [0.25, 0.3) is 22.2 Å². The van der Waals surface area contributed by atoms with Crippen molar-refractivity contribution in [3.63, 3.8) is 0 Å². The quantitative estimate of drug-likeness (QED) is 0.606. The molecule has 6 heteroatoms. The van der Waals surface area contributed by atoms with E-state index in [0.29, 0.717) is 22.3 Å². The Kier molecular flexibility index (Phi) is 4.44. The Bertz CT molecular complexity index is 972. The van der Waals surface area contributed by atoms with Crippen LogP contribution in [-0.4, -0.2) is 16.3 Å². The summed E-state index contributed by atoms with van der Waals surface area (Å²) in [7, 11) is 0. The largest absolute Gasteiger partial charge is 0.443 e. The fourth-order valence-electron chi connectivity index (χ4n) is 2.84. The fraction of sp³-hybridized carbons (Fsp3) is 0.250. The second kappa shape index (κ2) is 6.44. The van der Waals surface area contributed by atoms with E-state index in [2.05, 4.69) is 0 Å². The van der Waals surface area contributed by atoms with E-state index in [1.807, 2.05) is 0 Å². The second-order valence-corrected chi connectivity index (χ2v) is 7.05. The average molecular weight is 358 g/mol. The maximum atomic E-state index is 13.5. The van der Waals surface area contributed by atoms with E-state index in [1.165, 1.54) is 10.6 Å². The van der Waals surface area contributed by atoms with Gasteiger partial charge in [-0.2, -0.15) is 0 Å². The van der Waals surface area contributed by atoms with Gasteiger partial charge in [0.25, 0.3) is 6.43 Å². The third-order valence-electron chi connectivity index (χ3n) is 3.88. The molecule has 0 atom stereocenters. The summed E-state index contributed by atoms with van der Waals surface area (Å²) in [5.41, 5.74) is 6.59. The predicted molar refractivity (Wildman–Crippen MR) is 98.4 cm³/mol. The van der Waals surface area contributed by atoms with Gasteiger partial charge < -0.3 is 10.5 Å². The first-order chi connectivity index (χ1) is 12.2. The molecule has 1 heterocycles. The van der Waals surface area contributed by atoms with Crippen molar-refractivity contribution in [3.8, 4) is 11.3 Å². The molecule has 0 bridgehead atoms. The summed E-state index contributed by atoms with van der Waals surface area (Å²) < 4.78 is 33.8. The highest BCUT2D eigenvalue weighted by Crippen LogP contribution is 2.35. The molecule has 136 valence electrons. The minimum atomic E-state index is -2.67. The number of benzene rings is 2. The van der Waals surface area contributed by atoms with Crippen molar-refractivity contribution in [2.45, 2.75) is 32.8 Å². The lowest BCUT2D eigenvalue weighted by molar-refractivity contribution is 0.0547. The van der Waals surface area contributed by atoms with Gasteiger partial charge in [0.05, 0.1) is 11.2 Å². The van der Waals surface area contributed by atoms with E-state index in [1.54, 1.807) is 63.2 Å². The molecule has 0 saturated carbocycles. The van der Waals surface area contributed by atoms with Crippen molar-refractivity contribution in [1.29, 1.82) is 0 Å². The van der Waals surface area contributed by atoms with Crippen LogP contribution >= 0.6 is 0 Å². The number of halogens is 2. The summed E-state index contributed by atoms with van der Waals surface area (Å²) in [4.78, 5) is 12.8. The number of rotatable bonds is 2. The smallest absolute Gasteiger partial charge is 0.419 e. The number of nitrogens with zero attached hydrogens (tertiary/aromatic N) is 1. The van der Waals surface area contributed by atoms with E-state index in [4.69, 9.17) is 10.5 Å². The number of aromatic nitrogens is 1. The molecule has 0 amide bonds. The van der Waals surface area contributed by atoms with E-state index >= 15 is 0 Å². The van der Waals surface area contributed by atoms with E-state index in [9.17, 15) is 13.6 Å². The summed E-state index contributed by atoms with van der Waals surface area (Å²) in [6, 6.07) is 12.9. The van der Waals surface area contributed by atoms with E-state index < -0.39 is 18.1 Å². The fourth-order valence-corrected chi connectivity index (χ4v) is 2.84. The molecule has 0 saturated heterocycles. The first-order valence-electron chi connectivity index (χ1n) is 8.19. The lowest BCUT2D eigenvalue weighted by atomic mass is 10.0. The van der Waals surface area contributed by atoms with Gasteiger partial charge in [-0.3, -0.25) is 0 Å². The number of nitrogen functional groups attached to an aromatic ring is 1. The van der Waals surface area contributed by atoms with Crippen LogP contribution in [-0.2, 0) is 4.74 Å². The molecule has 2 aromatic carbocycles. The topological polar surface area (TPSA) is 57.2 Å². The van der Waals surface area contributed by atoms with Crippen LogP contribution in [0.5, 0.6) is 0 Å². The zero-order valence-electron chi connectivity index (χ0n) is 14.8. The molecule has 4 nitrogen and oxygen atoms in total. The Hall–Kier alpha value is -2.89.